The van der Waals surface area contributed by atoms with E-state index in [-0.39, 0.29) is 18.9 Å². The van der Waals surface area contributed by atoms with Gasteiger partial charge in [0.1, 0.15) is 73.2 Å². The molecule has 0 bridgehead atoms. The van der Waals surface area contributed by atoms with E-state index in [2.05, 4.69) is 31.3 Å². The van der Waals surface area contributed by atoms with Crippen LogP contribution in [0.3, 0.4) is 0 Å². The van der Waals surface area contributed by atoms with Crippen LogP contribution in [0.4, 0.5) is 0 Å². The molecule has 110 heavy (non-hydrogen) atoms. The molecule has 0 saturated carbocycles. The second-order valence-corrected chi connectivity index (χ2v) is 33.5. The quantitative estimate of drug-likeness (QED) is 0.0199. The molecule has 1 amide bonds. The number of carbonyl (C=O) groups excluding carboxylic acids is 1. The zero-order valence-electron chi connectivity index (χ0n) is 70.3. The maximum absolute atomic E-state index is 13.5. The molecule has 0 radical (unpaired) electrons. The highest BCUT2D eigenvalue weighted by Crippen LogP contribution is 2.34. The van der Waals surface area contributed by atoms with Gasteiger partial charge in [-0.15, -0.1) is 0 Å². The lowest BCUT2D eigenvalue weighted by atomic mass is 9.96. The third-order valence-electron chi connectivity index (χ3n) is 23.5. The Hall–Kier alpha value is -1.73. The molecule has 19 nitrogen and oxygen atoms in total. The van der Waals surface area contributed by atoms with Crippen molar-refractivity contribution < 1.29 is 89.4 Å². The largest absolute Gasteiger partial charge is 0.394 e. The molecule has 3 aliphatic heterocycles. The Morgan fingerprint density at radius 2 is 0.582 bits per heavy atom. The summed E-state index contributed by atoms with van der Waals surface area (Å²) in [5.41, 5.74) is 0. The summed E-state index contributed by atoms with van der Waals surface area (Å²) in [6, 6.07) is -0.989. The van der Waals surface area contributed by atoms with Gasteiger partial charge in [-0.05, 0) is 32.1 Å². The number of carbonyl (C=O) groups is 1. The minimum atomic E-state index is -1.98. The van der Waals surface area contributed by atoms with Gasteiger partial charge < -0.3 is 89.9 Å². The van der Waals surface area contributed by atoms with Crippen molar-refractivity contribution in [2.75, 3.05) is 26.4 Å². The van der Waals surface area contributed by atoms with E-state index in [1.54, 1.807) is 6.08 Å². The topological polar surface area (TPSA) is 307 Å². The fourth-order valence-electron chi connectivity index (χ4n) is 16.1. The molecule has 650 valence electrons. The minimum Gasteiger partial charge on any atom is -0.394 e. The van der Waals surface area contributed by atoms with Gasteiger partial charge in [-0.1, -0.05) is 404 Å². The van der Waals surface area contributed by atoms with Crippen molar-refractivity contribution in [3.05, 3.63) is 24.3 Å². The van der Waals surface area contributed by atoms with E-state index in [1.807, 2.05) is 6.08 Å². The van der Waals surface area contributed by atoms with Crippen LogP contribution in [0.15, 0.2) is 24.3 Å². The van der Waals surface area contributed by atoms with Crippen LogP contribution in [0.5, 0.6) is 0 Å². The van der Waals surface area contributed by atoms with Gasteiger partial charge in [0.2, 0.25) is 5.91 Å². The molecule has 3 fully saturated rings. The lowest BCUT2D eigenvalue weighted by Crippen LogP contribution is -2.66. The van der Waals surface area contributed by atoms with Crippen molar-refractivity contribution in [3.8, 4) is 0 Å². The summed E-state index contributed by atoms with van der Waals surface area (Å²) in [5.74, 6) is -0.276. The van der Waals surface area contributed by atoms with Crippen molar-refractivity contribution in [3.63, 3.8) is 0 Å². The number of nitrogens with one attached hydrogen (secondary N) is 1. The summed E-state index contributed by atoms with van der Waals surface area (Å²) in [6.45, 7) is 1.79. The molecule has 17 unspecified atom stereocenters. The highest BCUT2D eigenvalue weighted by atomic mass is 16.8. The molecule has 0 aromatic carbocycles. The summed E-state index contributed by atoms with van der Waals surface area (Å²) in [6.07, 6.45) is 63.7. The first-order valence-corrected chi connectivity index (χ1v) is 46.6. The Kier molecular flexibility index (Phi) is 66.5. The fraction of sp³-hybridized carbons (Fsp3) is 0.945. The average Bonchev–Trinajstić information content (AvgIpc) is 0.779. The first-order valence-electron chi connectivity index (χ1n) is 46.6. The Morgan fingerprint density at radius 3 is 0.909 bits per heavy atom. The molecule has 12 N–H and O–H groups in total. The van der Waals surface area contributed by atoms with Gasteiger partial charge in [0.15, 0.2) is 18.9 Å². The van der Waals surface area contributed by atoms with E-state index < -0.39 is 124 Å². The maximum Gasteiger partial charge on any atom is 0.220 e. The van der Waals surface area contributed by atoms with E-state index in [1.165, 1.54) is 347 Å². The summed E-state index contributed by atoms with van der Waals surface area (Å²) in [4.78, 5) is 13.5. The van der Waals surface area contributed by atoms with Gasteiger partial charge in [-0.25, -0.2) is 0 Å². The Labute approximate surface area is 670 Å². The molecule has 3 aliphatic rings. The second-order valence-electron chi connectivity index (χ2n) is 33.5. The SMILES string of the molecule is CCCCCCCCCCCCCCCCCCCC/C=C/CC/C=C/C(O)C(COC1OC(CO)C(OC2OC(CO)C(OC3OC(CO)C(O)C(O)C3O)C(O)C2O)C(O)C1O)NC(=O)CCCCCCCCCCCCCCCCCCCCCCCCCCCCCCCCCCCCCCCCCCC. The molecule has 3 heterocycles. The van der Waals surface area contributed by atoms with Crippen LogP contribution in [0.25, 0.3) is 0 Å². The average molecular weight is 1570 g/mol. The van der Waals surface area contributed by atoms with E-state index >= 15 is 0 Å². The van der Waals surface area contributed by atoms with Crippen molar-refractivity contribution in [1.29, 1.82) is 0 Å². The van der Waals surface area contributed by atoms with Crippen molar-refractivity contribution in [2.24, 2.45) is 0 Å². The zero-order valence-corrected chi connectivity index (χ0v) is 70.3. The Bertz CT molecular complexity index is 2070. The standard InChI is InChI=1S/C91H173NO18/c1-3-5-7-9-11-13-15-17-19-21-23-25-27-29-30-31-32-33-34-35-36-37-38-39-40-41-42-43-44-45-47-49-51-53-55-57-59-61-63-65-67-69-79(97)92-74(75(96)68-66-64-62-60-58-56-54-52-50-48-46-28-26-24-22-20-18-16-14-12-10-8-6-4-2)73-105-89-85(103)82(100)87(77(71-94)107-89)110-91-86(104)83(101)88(78(72-95)108-91)109-90-84(102)81(99)80(98)76(70-93)106-90/h58,60,66,68,74-78,80-91,93-96,98-104H,3-57,59,61-65,67,69-73H2,1-2H3,(H,92,97)/b60-58+,68-66+. The van der Waals surface area contributed by atoms with E-state index in [4.69, 9.17) is 28.4 Å². The first kappa shape index (κ1) is 102. The molecule has 19 heteroatoms. The number of aliphatic hydroxyl groups excluding tert-OH is 11. The van der Waals surface area contributed by atoms with Gasteiger partial charge in [0, 0.05) is 6.42 Å². The van der Waals surface area contributed by atoms with Gasteiger partial charge in [0.25, 0.3) is 0 Å². The molecule has 0 spiro atoms. The number of unbranched alkanes of at least 4 members (excludes halogenated alkanes) is 59. The summed E-state index contributed by atoms with van der Waals surface area (Å²) < 4.78 is 34.5. The smallest absolute Gasteiger partial charge is 0.220 e. The monoisotopic (exact) mass is 1570 g/mol. The molecule has 17 atom stereocenters. The molecule has 3 saturated heterocycles. The van der Waals surface area contributed by atoms with Gasteiger partial charge >= 0.3 is 0 Å². The third-order valence-corrected chi connectivity index (χ3v) is 23.5. The molecule has 0 aromatic rings. The number of hydrogen-bond acceptors (Lipinski definition) is 18. The summed E-state index contributed by atoms with van der Waals surface area (Å²) in [5, 5.41) is 121. The van der Waals surface area contributed by atoms with Gasteiger partial charge in [-0.3, -0.25) is 4.79 Å². The van der Waals surface area contributed by atoms with E-state index in [9.17, 15) is 61.0 Å². The van der Waals surface area contributed by atoms with E-state index in [0.29, 0.717) is 12.8 Å². The van der Waals surface area contributed by atoms with Crippen LogP contribution in [-0.2, 0) is 33.2 Å². The highest BCUT2D eigenvalue weighted by Gasteiger charge is 2.54. The molecule has 0 aliphatic carbocycles. The normalized spacial score (nSPS) is 25.2. The third kappa shape index (κ3) is 49.5. The number of allylic oxidation sites excluding steroid dienone is 3. The zero-order chi connectivity index (χ0) is 79.5. The molecular weight excluding hydrogens is 1390 g/mol. The molecule has 3 rings (SSSR count). The fourth-order valence-corrected chi connectivity index (χ4v) is 16.1. The van der Waals surface area contributed by atoms with E-state index in [0.717, 1.165) is 38.5 Å². The van der Waals surface area contributed by atoms with Crippen molar-refractivity contribution in [1.82, 2.24) is 5.32 Å². The minimum absolute atomic E-state index is 0.241. The predicted octanol–water partition coefficient (Wildman–Crippen LogP) is 18.0. The highest BCUT2D eigenvalue weighted by molar-refractivity contribution is 5.76. The number of ether oxygens (including phenoxy) is 6. The number of amides is 1. The second kappa shape index (κ2) is 71.4. The summed E-state index contributed by atoms with van der Waals surface area (Å²) >= 11 is 0. The van der Waals surface area contributed by atoms with Crippen LogP contribution in [0, 0.1) is 0 Å². The van der Waals surface area contributed by atoms with Crippen molar-refractivity contribution >= 4 is 5.91 Å². The first-order chi connectivity index (χ1) is 53.8. The molecule has 0 aromatic heterocycles. The van der Waals surface area contributed by atoms with Gasteiger partial charge in [-0.2, -0.15) is 0 Å². The Morgan fingerprint density at radius 1 is 0.318 bits per heavy atom. The maximum atomic E-state index is 13.5. The van der Waals surface area contributed by atoms with Crippen LogP contribution < -0.4 is 5.32 Å². The van der Waals surface area contributed by atoms with Gasteiger partial charge in [0.05, 0.1) is 38.6 Å². The number of hydrogen-bond donors (Lipinski definition) is 12. The van der Waals surface area contributed by atoms with Crippen LogP contribution in [0.2, 0.25) is 0 Å². The predicted molar refractivity (Wildman–Crippen MR) is 443 cm³/mol. The van der Waals surface area contributed by atoms with Crippen LogP contribution >= 0.6 is 0 Å². The molecular formula is C91H173NO18. The number of aliphatic hydroxyl groups is 11. The van der Waals surface area contributed by atoms with Crippen molar-refractivity contribution in [2.45, 2.75) is 523 Å². The Balaban J connectivity index is 1.29. The van der Waals surface area contributed by atoms with Crippen LogP contribution in [-0.4, -0.2) is 193 Å². The lowest BCUT2D eigenvalue weighted by molar-refractivity contribution is -0.379. The lowest BCUT2D eigenvalue weighted by Gasteiger charge is -2.48. The summed E-state index contributed by atoms with van der Waals surface area (Å²) in [7, 11) is 0. The van der Waals surface area contributed by atoms with Crippen LogP contribution in [0.1, 0.15) is 418 Å². The number of rotatable bonds is 77.